The first-order valence-electron chi connectivity index (χ1n) is 9.08. The van der Waals surface area contributed by atoms with E-state index in [0.717, 1.165) is 45.5 Å². The van der Waals surface area contributed by atoms with Gasteiger partial charge in [0.05, 0.1) is 26.5 Å². The molecule has 1 aliphatic rings. The Morgan fingerprint density at radius 3 is 2.61 bits per heavy atom. The Hall–Kier alpha value is -3.06. The van der Waals surface area contributed by atoms with Crippen LogP contribution in [0.1, 0.15) is 17.4 Å². The van der Waals surface area contributed by atoms with Gasteiger partial charge >= 0.3 is 0 Å². The molecule has 0 fully saturated rings. The second-order valence-corrected chi connectivity index (χ2v) is 7.56. The third kappa shape index (κ3) is 2.54. The number of thiazole rings is 1. The van der Waals surface area contributed by atoms with Crippen molar-refractivity contribution in [3.05, 3.63) is 46.8 Å². The summed E-state index contributed by atoms with van der Waals surface area (Å²) in [6.45, 7) is 2.56. The number of nitrogens with zero attached hydrogens (tertiary/aromatic N) is 3. The summed E-state index contributed by atoms with van der Waals surface area (Å²) < 4.78 is 18.5. The molecule has 0 radical (unpaired) electrons. The van der Waals surface area contributed by atoms with E-state index in [2.05, 4.69) is 12.1 Å². The maximum Gasteiger partial charge on any atom is 0.213 e. The molecule has 0 bridgehead atoms. The van der Waals surface area contributed by atoms with Crippen LogP contribution in [0.15, 0.2) is 36.4 Å². The van der Waals surface area contributed by atoms with Crippen LogP contribution < -0.4 is 14.2 Å². The molecular formula is C21H19N3O3S. The van der Waals surface area contributed by atoms with E-state index in [4.69, 9.17) is 24.3 Å². The molecule has 28 heavy (non-hydrogen) atoms. The van der Waals surface area contributed by atoms with E-state index in [0.29, 0.717) is 12.4 Å². The summed E-state index contributed by atoms with van der Waals surface area (Å²) >= 11 is 1.68. The number of fused-ring (bicyclic) bond motifs is 5. The normalized spacial score (nSPS) is 12.1. The van der Waals surface area contributed by atoms with Crippen molar-refractivity contribution in [3.63, 3.8) is 0 Å². The van der Waals surface area contributed by atoms with Crippen molar-refractivity contribution in [3.8, 4) is 39.9 Å². The van der Waals surface area contributed by atoms with Crippen LogP contribution in [-0.2, 0) is 6.42 Å². The molecular weight excluding hydrogens is 374 g/mol. The molecule has 0 spiro atoms. The molecule has 2 aromatic heterocycles. The maximum absolute atomic E-state index is 5.77. The van der Waals surface area contributed by atoms with E-state index in [-0.39, 0.29) is 0 Å². The van der Waals surface area contributed by atoms with E-state index in [9.17, 15) is 0 Å². The molecule has 5 rings (SSSR count). The van der Waals surface area contributed by atoms with Gasteiger partial charge < -0.3 is 14.2 Å². The standard InChI is InChI=1S/C21H19N3O3S/c1-4-27-17-11-15-13(9-16(17)26-3)10-18-19(15)24-21(28-18)22-20(23-24)12-5-7-14(25-2)8-6-12/h5-9,11H,4,10H2,1-3H3. The highest BCUT2D eigenvalue weighted by atomic mass is 32.1. The van der Waals surface area contributed by atoms with Crippen molar-refractivity contribution >= 4 is 16.3 Å². The van der Waals surface area contributed by atoms with Crippen LogP contribution in [-0.4, -0.2) is 35.4 Å². The summed E-state index contributed by atoms with van der Waals surface area (Å²) in [6.07, 6.45) is 0.862. The Bertz CT molecular complexity index is 1180. The van der Waals surface area contributed by atoms with Gasteiger partial charge in [0.15, 0.2) is 17.3 Å². The van der Waals surface area contributed by atoms with Crippen LogP contribution in [0.25, 0.3) is 27.6 Å². The highest BCUT2D eigenvalue weighted by molar-refractivity contribution is 7.17. The van der Waals surface area contributed by atoms with Crippen molar-refractivity contribution in [1.29, 1.82) is 0 Å². The van der Waals surface area contributed by atoms with Gasteiger partial charge in [0.1, 0.15) is 5.75 Å². The lowest BCUT2D eigenvalue weighted by atomic mass is 10.1. The quantitative estimate of drug-likeness (QED) is 0.442. The Balaban J connectivity index is 1.62. The van der Waals surface area contributed by atoms with Gasteiger partial charge in [0.25, 0.3) is 0 Å². The second-order valence-electron chi connectivity index (χ2n) is 6.50. The average molecular weight is 393 g/mol. The van der Waals surface area contributed by atoms with E-state index in [1.54, 1.807) is 25.6 Å². The molecule has 7 heteroatoms. The van der Waals surface area contributed by atoms with Gasteiger partial charge in [-0.2, -0.15) is 4.98 Å². The number of hydrogen-bond donors (Lipinski definition) is 0. The minimum atomic E-state index is 0.589. The molecule has 0 atom stereocenters. The zero-order valence-corrected chi connectivity index (χ0v) is 16.7. The Labute approximate surface area is 166 Å². The van der Waals surface area contributed by atoms with Crippen molar-refractivity contribution in [1.82, 2.24) is 14.6 Å². The van der Waals surface area contributed by atoms with Crippen LogP contribution in [0.4, 0.5) is 0 Å². The van der Waals surface area contributed by atoms with Crippen molar-refractivity contribution < 1.29 is 14.2 Å². The first-order chi connectivity index (χ1) is 13.7. The lowest BCUT2D eigenvalue weighted by molar-refractivity contribution is 0.311. The largest absolute Gasteiger partial charge is 0.497 e. The number of ether oxygens (including phenoxy) is 3. The first-order valence-corrected chi connectivity index (χ1v) is 9.90. The fraction of sp³-hybridized carbons (Fsp3) is 0.238. The van der Waals surface area contributed by atoms with Gasteiger partial charge in [-0.1, -0.05) is 11.3 Å². The predicted octanol–water partition coefficient (Wildman–Crippen LogP) is 4.44. The average Bonchev–Trinajstić information content (AvgIpc) is 3.36. The highest BCUT2D eigenvalue weighted by Crippen LogP contribution is 2.45. The van der Waals surface area contributed by atoms with Gasteiger partial charge in [-0.05, 0) is 48.9 Å². The summed E-state index contributed by atoms with van der Waals surface area (Å²) in [5.41, 5.74) is 4.43. The number of hydrogen-bond acceptors (Lipinski definition) is 6. The molecule has 6 nitrogen and oxygen atoms in total. The lowest BCUT2D eigenvalue weighted by Gasteiger charge is -2.11. The van der Waals surface area contributed by atoms with Gasteiger partial charge in [-0.25, -0.2) is 4.52 Å². The van der Waals surface area contributed by atoms with E-state index >= 15 is 0 Å². The minimum Gasteiger partial charge on any atom is -0.497 e. The van der Waals surface area contributed by atoms with Crippen LogP contribution in [0.3, 0.4) is 0 Å². The molecule has 0 unspecified atom stereocenters. The van der Waals surface area contributed by atoms with Crippen molar-refractivity contribution in [2.45, 2.75) is 13.3 Å². The van der Waals surface area contributed by atoms with Crippen LogP contribution in [0.5, 0.6) is 17.2 Å². The van der Waals surface area contributed by atoms with Crippen molar-refractivity contribution in [2.24, 2.45) is 0 Å². The summed E-state index contributed by atoms with van der Waals surface area (Å²) in [6, 6.07) is 11.9. The molecule has 0 saturated carbocycles. The SMILES string of the molecule is CCOc1cc2c(cc1OC)Cc1sc3nc(-c4ccc(OC)cc4)nn3c1-2. The molecule has 0 saturated heterocycles. The predicted molar refractivity (Wildman–Crippen MR) is 109 cm³/mol. The molecule has 142 valence electrons. The Morgan fingerprint density at radius 1 is 1.07 bits per heavy atom. The summed E-state index contributed by atoms with van der Waals surface area (Å²) in [5, 5.41) is 4.79. The minimum absolute atomic E-state index is 0.589. The van der Waals surface area contributed by atoms with Gasteiger partial charge in [0, 0.05) is 22.4 Å². The Morgan fingerprint density at radius 2 is 1.89 bits per heavy atom. The van der Waals surface area contributed by atoms with E-state index in [1.807, 2.05) is 35.7 Å². The highest BCUT2D eigenvalue weighted by Gasteiger charge is 2.28. The summed E-state index contributed by atoms with van der Waals surface area (Å²) in [5.74, 6) is 3.05. The van der Waals surface area contributed by atoms with Gasteiger partial charge in [0.2, 0.25) is 4.96 Å². The van der Waals surface area contributed by atoms with Gasteiger partial charge in [-0.3, -0.25) is 0 Å². The molecule has 1 aliphatic carbocycles. The number of aromatic nitrogens is 3. The molecule has 0 N–H and O–H groups in total. The maximum atomic E-state index is 5.77. The molecule has 2 aromatic carbocycles. The fourth-order valence-corrected chi connectivity index (χ4v) is 4.69. The smallest absolute Gasteiger partial charge is 0.213 e. The number of rotatable bonds is 5. The van der Waals surface area contributed by atoms with E-state index < -0.39 is 0 Å². The molecule has 2 heterocycles. The van der Waals surface area contributed by atoms with Crippen LogP contribution in [0.2, 0.25) is 0 Å². The molecule has 4 aromatic rings. The summed E-state index contributed by atoms with van der Waals surface area (Å²) in [4.78, 5) is 6.90. The zero-order chi connectivity index (χ0) is 19.3. The second kappa shape index (κ2) is 6.53. The van der Waals surface area contributed by atoms with Crippen molar-refractivity contribution in [2.75, 3.05) is 20.8 Å². The number of methoxy groups -OCH3 is 2. The first kappa shape index (κ1) is 17.1. The monoisotopic (exact) mass is 393 g/mol. The third-order valence-electron chi connectivity index (χ3n) is 4.91. The zero-order valence-electron chi connectivity index (χ0n) is 15.9. The Kier molecular flexibility index (Phi) is 3.98. The van der Waals surface area contributed by atoms with E-state index in [1.165, 1.54) is 10.4 Å². The van der Waals surface area contributed by atoms with Crippen LogP contribution in [0, 0.1) is 0 Å². The lowest BCUT2D eigenvalue weighted by Crippen LogP contribution is -1.97. The summed E-state index contributed by atoms with van der Waals surface area (Å²) in [7, 11) is 3.33. The number of benzene rings is 2. The van der Waals surface area contributed by atoms with Crippen LogP contribution >= 0.6 is 11.3 Å². The molecule has 0 amide bonds. The molecule has 0 aliphatic heterocycles. The fourth-order valence-electron chi connectivity index (χ4n) is 3.60. The topological polar surface area (TPSA) is 57.9 Å². The van der Waals surface area contributed by atoms with Gasteiger partial charge in [-0.15, -0.1) is 5.10 Å². The third-order valence-corrected chi connectivity index (χ3v) is 5.94.